The zero-order valence-corrected chi connectivity index (χ0v) is 19.1. The summed E-state index contributed by atoms with van der Waals surface area (Å²) < 4.78 is 5.89. The maximum Gasteiger partial charge on any atom is 0.242 e. The highest BCUT2D eigenvalue weighted by molar-refractivity contribution is 5.84. The molecule has 1 N–H and O–H groups in total. The van der Waals surface area contributed by atoms with Gasteiger partial charge >= 0.3 is 0 Å². The predicted molar refractivity (Wildman–Crippen MR) is 125 cm³/mol. The Labute approximate surface area is 189 Å². The van der Waals surface area contributed by atoms with E-state index in [9.17, 15) is 4.79 Å². The van der Waals surface area contributed by atoms with Gasteiger partial charge in [0, 0.05) is 24.8 Å². The number of benzene rings is 2. The lowest BCUT2D eigenvalue weighted by molar-refractivity contribution is -0.128. The molecule has 1 aliphatic rings. The summed E-state index contributed by atoms with van der Waals surface area (Å²) in [6.07, 6.45) is 3.15. The van der Waals surface area contributed by atoms with Crippen LogP contribution in [0.4, 0.5) is 0 Å². The molecule has 1 atom stereocenters. The predicted octanol–water partition coefficient (Wildman–Crippen LogP) is 4.30. The highest BCUT2D eigenvalue weighted by Gasteiger charge is 2.35. The van der Waals surface area contributed by atoms with Crippen molar-refractivity contribution in [1.82, 2.24) is 20.2 Å². The van der Waals surface area contributed by atoms with Crippen LogP contribution in [0.1, 0.15) is 43.5 Å². The summed E-state index contributed by atoms with van der Waals surface area (Å²) in [5.74, 6) is 0.399. The minimum atomic E-state index is -0.544. The summed E-state index contributed by atoms with van der Waals surface area (Å²) in [6, 6.07) is 16.2. The molecule has 32 heavy (non-hydrogen) atoms. The first kappa shape index (κ1) is 22.0. The quantitative estimate of drug-likeness (QED) is 0.668. The van der Waals surface area contributed by atoms with E-state index in [4.69, 9.17) is 4.74 Å². The number of hydrogen-bond donors (Lipinski definition) is 1. The SMILES string of the molecule is Cc1ccccc1-c1ccccc1CN1CCOc2ncncc2C1C(=O)NC(C)(C)C. The summed E-state index contributed by atoms with van der Waals surface area (Å²) in [4.78, 5) is 24.1. The van der Waals surface area contributed by atoms with E-state index < -0.39 is 6.04 Å². The molecule has 166 valence electrons. The third-order valence-electron chi connectivity index (χ3n) is 5.55. The second-order valence-electron chi connectivity index (χ2n) is 9.22. The van der Waals surface area contributed by atoms with Crippen LogP contribution in [-0.4, -0.2) is 39.5 Å². The number of carbonyl (C=O) groups excluding carboxylic acids is 1. The zero-order valence-electron chi connectivity index (χ0n) is 19.1. The third-order valence-corrected chi connectivity index (χ3v) is 5.55. The number of fused-ring (bicyclic) bond motifs is 1. The van der Waals surface area contributed by atoms with E-state index in [1.807, 2.05) is 26.8 Å². The summed E-state index contributed by atoms with van der Waals surface area (Å²) in [7, 11) is 0. The van der Waals surface area contributed by atoms with Crippen molar-refractivity contribution in [2.24, 2.45) is 0 Å². The number of hydrogen-bond acceptors (Lipinski definition) is 5. The molecule has 1 unspecified atom stereocenters. The zero-order chi connectivity index (χ0) is 22.7. The summed E-state index contributed by atoms with van der Waals surface area (Å²) in [5.41, 5.74) is 5.10. The lowest BCUT2D eigenvalue weighted by Gasteiger charge is -2.32. The molecule has 0 fully saturated rings. The van der Waals surface area contributed by atoms with Crippen molar-refractivity contribution in [2.45, 2.75) is 45.8 Å². The lowest BCUT2D eigenvalue weighted by atomic mass is 9.95. The van der Waals surface area contributed by atoms with Gasteiger partial charge in [0.15, 0.2) is 0 Å². The Morgan fingerprint density at radius 2 is 1.84 bits per heavy atom. The highest BCUT2D eigenvalue weighted by atomic mass is 16.5. The maximum atomic E-state index is 13.5. The van der Waals surface area contributed by atoms with Gasteiger partial charge in [-0.3, -0.25) is 9.69 Å². The van der Waals surface area contributed by atoms with Crippen LogP contribution in [-0.2, 0) is 11.3 Å². The topological polar surface area (TPSA) is 67.3 Å². The van der Waals surface area contributed by atoms with Crippen LogP contribution < -0.4 is 10.1 Å². The van der Waals surface area contributed by atoms with Crippen molar-refractivity contribution in [3.05, 3.63) is 77.7 Å². The Morgan fingerprint density at radius 1 is 1.12 bits per heavy atom. The van der Waals surface area contributed by atoms with E-state index in [1.54, 1.807) is 6.20 Å². The second kappa shape index (κ2) is 9.09. The highest BCUT2D eigenvalue weighted by Crippen LogP contribution is 2.34. The molecule has 0 aliphatic carbocycles. The fourth-order valence-corrected chi connectivity index (χ4v) is 4.15. The number of aromatic nitrogens is 2. The van der Waals surface area contributed by atoms with E-state index in [2.05, 4.69) is 69.6 Å². The molecule has 1 amide bonds. The molecule has 6 heteroatoms. The van der Waals surface area contributed by atoms with E-state index in [-0.39, 0.29) is 11.4 Å². The molecular weight excluding hydrogens is 400 g/mol. The average molecular weight is 431 g/mol. The molecule has 0 spiro atoms. The minimum Gasteiger partial charge on any atom is -0.476 e. The molecule has 2 heterocycles. The van der Waals surface area contributed by atoms with Gasteiger partial charge in [0.1, 0.15) is 19.0 Å². The number of nitrogens with one attached hydrogen (secondary N) is 1. The van der Waals surface area contributed by atoms with Crippen LogP contribution in [0, 0.1) is 6.92 Å². The minimum absolute atomic E-state index is 0.0765. The van der Waals surface area contributed by atoms with Crippen LogP contribution >= 0.6 is 0 Å². The summed E-state index contributed by atoms with van der Waals surface area (Å²) in [6.45, 7) is 9.73. The van der Waals surface area contributed by atoms with Crippen LogP contribution in [0.15, 0.2) is 61.1 Å². The van der Waals surface area contributed by atoms with Crippen molar-refractivity contribution in [3.8, 4) is 17.0 Å². The van der Waals surface area contributed by atoms with Gasteiger partial charge in [0.25, 0.3) is 0 Å². The number of rotatable bonds is 4. The van der Waals surface area contributed by atoms with Gasteiger partial charge in [-0.15, -0.1) is 0 Å². The van der Waals surface area contributed by atoms with Gasteiger partial charge < -0.3 is 10.1 Å². The molecule has 2 aromatic carbocycles. The van der Waals surface area contributed by atoms with Crippen LogP contribution in [0.2, 0.25) is 0 Å². The van der Waals surface area contributed by atoms with Crippen LogP contribution in [0.3, 0.4) is 0 Å². The van der Waals surface area contributed by atoms with Crippen molar-refractivity contribution in [1.29, 1.82) is 0 Å². The summed E-state index contributed by atoms with van der Waals surface area (Å²) >= 11 is 0. The molecule has 1 aromatic heterocycles. The smallest absolute Gasteiger partial charge is 0.242 e. The second-order valence-corrected chi connectivity index (χ2v) is 9.22. The monoisotopic (exact) mass is 430 g/mol. The molecule has 4 rings (SSSR count). The lowest BCUT2D eigenvalue weighted by Crippen LogP contribution is -2.47. The fourth-order valence-electron chi connectivity index (χ4n) is 4.15. The molecule has 0 saturated carbocycles. The molecule has 0 saturated heterocycles. The van der Waals surface area contributed by atoms with Gasteiger partial charge in [0.2, 0.25) is 11.8 Å². The maximum absolute atomic E-state index is 13.5. The Bertz CT molecular complexity index is 1110. The van der Waals surface area contributed by atoms with Crippen molar-refractivity contribution < 1.29 is 9.53 Å². The molecule has 6 nitrogen and oxygen atoms in total. The first-order valence-electron chi connectivity index (χ1n) is 11.0. The van der Waals surface area contributed by atoms with Gasteiger partial charge in [0.05, 0.1) is 5.56 Å². The largest absolute Gasteiger partial charge is 0.476 e. The van der Waals surface area contributed by atoms with E-state index in [0.29, 0.717) is 31.1 Å². The number of aryl methyl sites for hydroxylation is 1. The molecular formula is C26H30N4O2. The number of carbonyl (C=O) groups is 1. The average Bonchev–Trinajstić information content (AvgIpc) is 2.92. The Balaban J connectivity index is 1.74. The van der Waals surface area contributed by atoms with E-state index >= 15 is 0 Å². The van der Waals surface area contributed by atoms with Crippen LogP contribution in [0.5, 0.6) is 5.88 Å². The van der Waals surface area contributed by atoms with Crippen molar-refractivity contribution in [3.63, 3.8) is 0 Å². The third kappa shape index (κ3) is 4.81. The van der Waals surface area contributed by atoms with E-state index in [0.717, 1.165) is 5.56 Å². The van der Waals surface area contributed by atoms with Crippen molar-refractivity contribution >= 4 is 5.91 Å². The molecule has 0 bridgehead atoms. The standard InChI is InChI=1S/C26H30N4O2/c1-18-9-5-7-11-20(18)21-12-8-6-10-19(21)16-30-13-14-32-25-22(15-27-17-28-25)23(30)24(31)29-26(2,3)4/h5-12,15,17,23H,13-14,16H2,1-4H3,(H,29,31). The first-order chi connectivity index (χ1) is 15.3. The first-order valence-corrected chi connectivity index (χ1v) is 11.0. The van der Waals surface area contributed by atoms with Gasteiger partial charge in [-0.25, -0.2) is 9.97 Å². The van der Waals surface area contributed by atoms with E-state index in [1.165, 1.54) is 23.0 Å². The normalized spacial score (nSPS) is 16.6. The number of nitrogens with zero attached hydrogens (tertiary/aromatic N) is 3. The molecule has 3 aromatic rings. The fraction of sp³-hybridized carbons (Fsp3) is 0.346. The van der Waals surface area contributed by atoms with Crippen molar-refractivity contribution in [2.75, 3.05) is 13.2 Å². The Hall–Kier alpha value is -3.25. The molecule has 0 radical (unpaired) electrons. The van der Waals surface area contributed by atoms with Gasteiger partial charge in [-0.2, -0.15) is 0 Å². The number of amides is 1. The van der Waals surface area contributed by atoms with Gasteiger partial charge in [-0.1, -0.05) is 48.5 Å². The van der Waals surface area contributed by atoms with Gasteiger partial charge in [-0.05, 0) is 49.9 Å². The summed E-state index contributed by atoms with van der Waals surface area (Å²) in [5, 5.41) is 3.14. The van der Waals surface area contributed by atoms with Crippen LogP contribution in [0.25, 0.3) is 11.1 Å². The Kier molecular flexibility index (Phi) is 6.24. The Morgan fingerprint density at radius 3 is 2.59 bits per heavy atom. The number of ether oxygens (including phenoxy) is 1. The molecule has 1 aliphatic heterocycles.